The molecule has 0 aliphatic carbocycles. The molecule has 1 rings (SSSR count). The van der Waals surface area contributed by atoms with E-state index in [1.54, 1.807) is 11.3 Å². The number of aromatic nitrogens is 1. The molecule has 0 saturated heterocycles. The zero-order valence-corrected chi connectivity index (χ0v) is 10.7. The molecule has 90 valence electrons. The van der Waals surface area contributed by atoms with Gasteiger partial charge in [-0.1, -0.05) is 5.16 Å². The van der Waals surface area contributed by atoms with Gasteiger partial charge in [-0.2, -0.15) is 0 Å². The van der Waals surface area contributed by atoms with Crippen LogP contribution < -0.4 is 10.6 Å². The second-order valence-electron chi connectivity index (χ2n) is 3.56. The van der Waals surface area contributed by atoms with Gasteiger partial charge in [0.15, 0.2) is 5.13 Å². The fourth-order valence-electron chi connectivity index (χ4n) is 1.28. The van der Waals surface area contributed by atoms with Crippen LogP contribution in [0.4, 0.5) is 5.13 Å². The molecule has 1 aromatic heterocycles. The largest absolute Gasteiger partial charge is 0.409 e. The van der Waals surface area contributed by atoms with Crippen LogP contribution in [0.2, 0.25) is 0 Å². The third-order valence-electron chi connectivity index (χ3n) is 2.44. The molecule has 1 heterocycles. The average Bonchev–Trinajstić information content (AvgIpc) is 2.59. The van der Waals surface area contributed by atoms with Gasteiger partial charge in [0.1, 0.15) is 5.84 Å². The Morgan fingerprint density at radius 3 is 2.69 bits per heavy atom. The Bertz CT molecular complexity index is 355. The van der Waals surface area contributed by atoms with Crippen LogP contribution in [0.1, 0.15) is 23.9 Å². The minimum absolute atomic E-state index is 0.253. The van der Waals surface area contributed by atoms with Crippen molar-refractivity contribution in [1.29, 1.82) is 0 Å². The van der Waals surface area contributed by atoms with E-state index in [-0.39, 0.29) is 5.84 Å². The second kappa shape index (κ2) is 5.69. The number of hydrogen-bond acceptors (Lipinski definition) is 5. The molecular formula is C10H18N4OS. The van der Waals surface area contributed by atoms with Gasteiger partial charge >= 0.3 is 0 Å². The first-order valence-corrected chi connectivity index (χ1v) is 6.05. The molecule has 0 bridgehead atoms. The predicted molar refractivity (Wildman–Crippen MR) is 67.5 cm³/mol. The van der Waals surface area contributed by atoms with Crippen LogP contribution in [0.15, 0.2) is 5.16 Å². The summed E-state index contributed by atoms with van der Waals surface area (Å²) in [7, 11) is 0. The molecule has 16 heavy (non-hydrogen) atoms. The molecule has 0 aliphatic heterocycles. The van der Waals surface area contributed by atoms with Gasteiger partial charge in [-0.05, 0) is 20.8 Å². The number of rotatable bonds is 5. The molecular weight excluding hydrogens is 224 g/mol. The second-order valence-corrected chi connectivity index (χ2v) is 4.74. The molecule has 3 N–H and O–H groups in total. The summed E-state index contributed by atoms with van der Waals surface area (Å²) in [5, 5.41) is 12.4. The highest BCUT2D eigenvalue weighted by molar-refractivity contribution is 7.15. The van der Waals surface area contributed by atoms with Crippen LogP contribution >= 0.6 is 11.3 Å². The Morgan fingerprint density at radius 2 is 2.25 bits per heavy atom. The van der Waals surface area contributed by atoms with Gasteiger partial charge in [0.2, 0.25) is 0 Å². The van der Waals surface area contributed by atoms with Gasteiger partial charge in [-0.3, -0.25) is 0 Å². The van der Waals surface area contributed by atoms with Crippen LogP contribution in [-0.4, -0.2) is 29.1 Å². The molecule has 1 aromatic rings. The van der Waals surface area contributed by atoms with E-state index in [2.05, 4.69) is 28.9 Å². The number of hydrogen-bond donors (Lipinski definition) is 2. The van der Waals surface area contributed by atoms with Gasteiger partial charge in [0, 0.05) is 24.4 Å². The fourth-order valence-corrected chi connectivity index (χ4v) is 2.28. The predicted octanol–water partition coefficient (Wildman–Crippen LogP) is 1.72. The summed E-state index contributed by atoms with van der Waals surface area (Å²) in [6.07, 6.45) is 0.544. The van der Waals surface area contributed by atoms with E-state index < -0.39 is 0 Å². The SMILES string of the molecule is CCN(CCC(N)=NO)c1nc(C)c(C)s1. The highest BCUT2D eigenvalue weighted by Gasteiger charge is 2.11. The van der Waals surface area contributed by atoms with Crippen molar-refractivity contribution in [3.05, 3.63) is 10.6 Å². The lowest BCUT2D eigenvalue weighted by Crippen LogP contribution is -2.27. The van der Waals surface area contributed by atoms with Crippen LogP contribution in [0, 0.1) is 13.8 Å². The van der Waals surface area contributed by atoms with Crippen molar-refractivity contribution in [3.63, 3.8) is 0 Å². The molecule has 5 nitrogen and oxygen atoms in total. The maximum absolute atomic E-state index is 8.47. The van der Waals surface area contributed by atoms with Crippen LogP contribution in [-0.2, 0) is 0 Å². The summed E-state index contributed by atoms with van der Waals surface area (Å²) < 4.78 is 0. The summed E-state index contributed by atoms with van der Waals surface area (Å²) in [6.45, 7) is 7.73. The van der Waals surface area contributed by atoms with Crippen molar-refractivity contribution in [1.82, 2.24) is 4.98 Å². The Kier molecular flexibility index (Phi) is 4.54. The van der Waals surface area contributed by atoms with E-state index in [0.29, 0.717) is 6.42 Å². The summed E-state index contributed by atoms with van der Waals surface area (Å²) in [6, 6.07) is 0. The fraction of sp³-hybridized carbons (Fsp3) is 0.600. The first kappa shape index (κ1) is 12.8. The highest BCUT2D eigenvalue weighted by atomic mass is 32.1. The van der Waals surface area contributed by atoms with Gasteiger partial charge < -0.3 is 15.8 Å². The summed E-state index contributed by atoms with van der Waals surface area (Å²) in [4.78, 5) is 7.85. The van der Waals surface area contributed by atoms with E-state index in [9.17, 15) is 0 Å². The molecule has 0 radical (unpaired) electrons. The van der Waals surface area contributed by atoms with Gasteiger partial charge in [-0.15, -0.1) is 11.3 Å². The minimum Gasteiger partial charge on any atom is -0.409 e. The quantitative estimate of drug-likeness (QED) is 0.357. The highest BCUT2D eigenvalue weighted by Crippen LogP contribution is 2.24. The van der Waals surface area contributed by atoms with Crippen molar-refractivity contribution in [2.45, 2.75) is 27.2 Å². The topological polar surface area (TPSA) is 74.7 Å². The van der Waals surface area contributed by atoms with Crippen molar-refractivity contribution in [2.75, 3.05) is 18.0 Å². The Balaban J connectivity index is 2.67. The van der Waals surface area contributed by atoms with E-state index in [1.165, 1.54) is 4.88 Å². The van der Waals surface area contributed by atoms with Gasteiger partial charge in [-0.25, -0.2) is 4.98 Å². The van der Waals surface area contributed by atoms with E-state index in [4.69, 9.17) is 10.9 Å². The van der Waals surface area contributed by atoms with Gasteiger partial charge in [0.05, 0.1) is 5.69 Å². The normalized spacial score (nSPS) is 11.8. The Morgan fingerprint density at radius 1 is 1.56 bits per heavy atom. The molecule has 0 aromatic carbocycles. The summed E-state index contributed by atoms with van der Waals surface area (Å²) >= 11 is 1.68. The molecule has 0 atom stereocenters. The first-order valence-electron chi connectivity index (χ1n) is 5.23. The van der Waals surface area contributed by atoms with Crippen molar-refractivity contribution in [2.24, 2.45) is 10.9 Å². The van der Waals surface area contributed by atoms with Crippen molar-refractivity contribution in [3.8, 4) is 0 Å². The summed E-state index contributed by atoms with van der Waals surface area (Å²) in [5.74, 6) is 0.253. The molecule has 0 unspecified atom stereocenters. The average molecular weight is 242 g/mol. The number of nitrogens with two attached hydrogens (primary N) is 1. The maximum atomic E-state index is 8.47. The Labute approximate surface area is 99.6 Å². The van der Waals surface area contributed by atoms with E-state index >= 15 is 0 Å². The molecule has 0 fully saturated rings. The molecule has 6 heteroatoms. The number of thiazole rings is 1. The number of oxime groups is 1. The number of nitrogens with zero attached hydrogens (tertiary/aromatic N) is 3. The summed E-state index contributed by atoms with van der Waals surface area (Å²) in [5.41, 5.74) is 6.52. The number of anilines is 1. The van der Waals surface area contributed by atoms with E-state index in [1.807, 2.05) is 6.92 Å². The smallest absolute Gasteiger partial charge is 0.185 e. The molecule has 0 amide bonds. The first-order chi connectivity index (χ1) is 7.58. The van der Waals surface area contributed by atoms with Crippen LogP contribution in [0.5, 0.6) is 0 Å². The molecule has 0 aliphatic rings. The van der Waals surface area contributed by atoms with Crippen molar-refractivity contribution < 1.29 is 5.21 Å². The van der Waals surface area contributed by atoms with Gasteiger partial charge in [0.25, 0.3) is 0 Å². The van der Waals surface area contributed by atoms with Crippen LogP contribution in [0.25, 0.3) is 0 Å². The van der Waals surface area contributed by atoms with E-state index in [0.717, 1.165) is 23.9 Å². The lowest BCUT2D eigenvalue weighted by molar-refractivity contribution is 0.317. The minimum atomic E-state index is 0.253. The molecule has 0 saturated carbocycles. The lowest BCUT2D eigenvalue weighted by Gasteiger charge is -2.18. The third-order valence-corrected chi connectivity index (χ3v) is 3.57. The zero-order valence-electron chi connectivity index (χ0n) is 9.90. The standard InChI is InChI=1S/C10H18N4OS/c1-4-14(6-5-9(11)13-15)10-12-7(2)8(3)16-10/h15H,4-6H2,1-3H3,(H2,11,13). The molecule has 0 spiro atoms. The Hall–Kier alpha value is -1.30. The number of amidine groups is 1. The monoisotopic (exact) mass is 242 g/mol. The van der Waals surface area contributed by atoms with Crippen LogP contribution in [0.3, 0.4) is 0 Å². The number of aryl methyl sites for hydroxylation is 2. The zero-order chi connectivity index (χ0) is 12.1. The third kappa shape index (κ3) is 3.10. The maximum Gasteiger partial charge on any atom is 0.185 e. The van der Waals surface area contributed by atoms with Crippen molar-refractivity contribution >= 4 is 22.3 Å². The lowest BCUT2D eigenvalue weighted by atomic mass is 10.3.